The normalized spacial score (nSPS) is 26.6. The summed E-state index contributed by atoms with van der Waals surface area (Å²) in [6.45, 7) is 4.15. The Morgan fingerprint density at radius 2 is 1.91 bits per heavy atom. The van der Waals surface area contributed by atoms with Crippen molar-refractivity contribution in [1.82, 2.24) is 5.32 Å². The number of amides is 1. The van der Waals surface area contributed by atoms with E-state index < -0.39 is 6.10 Å². The number of halogens is 1. The first kappa shape index (κ1) is 17.1. The molecule has 1 saturated carbocycles. The second-order valence-electron chi connectivity index (χ2n) is 6.42. The Kier molecular flexibility index (Phi) is 5.35. The van der Waals surface area contributed by atoms with Gasteiger partial charge < -0.3 is 15.8 Å². The van der Waals surface area contributed by atoms with Crippen molar-refractivity contribution in [3.05, 3.63) is 28.8 Å². The number of nitrogens with two attached hydrogens (primary N) is 1. The predicted molar refractivity (Wildman–Crippen MR) is 89.7 cm³/mol. The third kappa shape index (κ3) is 3.39. The third-order valence-corrected chi connectivity index (χ3v) is 4.79. The van der Waals surface area contributed by atoms with E-state index in [1.165, 1.54) is 11.1 Å². The lowest BCUT2D eigenvalue weighted by atomic mass is 9.91. The molecule has 1 unspecified atom stereocenters. The molecule has 1 amide bonds. The smallest absolute Gasteiger partial charge is 0.261 e. The van der Waals surface area contributed by atoms with Gasteiger partial charge in [0.1, 0.15) is 5.75 Å². The molecule has 0 spiro atoms. The monoisotopic (exact) mass is 324 g/mol. The number of hydrogen-bond acceptors (Lipinski definition) is 3. The first-order valence-corrected chi connectivity index (χ1v) is 7.87. The van der Waals surface area contributed by atoms with Crippen molar-refractivity contribution >= 4 is 18.3 Å². The number of ether oxygens (including phenoxy) is 1. The summed E-state index contributed by atoms with van der Waals surface area (Å²) in [5, 5.41) is 3.09. The van der Waals surface area contributed by atoms with Crippen LogP contribution in [0, 0.1) is 13.8 Å². The number of rotatable bonds is 2. The second-order valence-corrected chi connectivity index (χ2v) is 6.42. The van der Waals surface area contributed by atoms with Crippen molar-refractivity contribution in [2.24, 2.45) is 5.73 Å². The Labute approximate surface area is 138 Å². The van der Waals surface area contributed by atoms with Gasteiger partial charge in [0.25, 0.3) is 5.91 Å². The van der Waals surface area contributed by atoms with Crippen molar-refractivity contribution in [1.29, 1.82) is 0 Å². The van der Waals surface area contributed by atoms with Crippen molar-refractivity contribution in [3.8, 4) is 5.75 Å². The third-order valence-electron chi connectivity index (χ3n) is 4.79. The van der Waals surface area contributed by atoms with Crippen LogP contribution in [-0.2, 0) is 11.2 Å². The summed E-state index contributed by atoms with van der Waals surface area (Å²) >= 11 is 0. The molecule has 4 nitrogen and oxygen atoms in total. The lowest BCUT2D eigenvalue weighted by Crippen LogP contribution is -2.52. The molecule has 1 aromatic carbocycles. The van der Waals surface area contributed by atoms with Crippen LogP contribution < -0.4 is 15.8 Å². The molecule has 2 aliphatic rings. The summed E-state index contributed by atoms with van der Waals surface area (Å²) in [5.41, 5.74) is 9.67. The van der Waals surface area contributed by atoms with E-state index in [0.29, 0.717) is 6.42 Å². The highest BCUT2D eigenvalue weighted by Gasteiger charge is 2.32. The van der Waals surface area contributed by atoms with Gasteiger partial charge in [-0.3, -0.25) is 4.79 Å². The maximum Gasteiger partial charge on any atom is 0.261 e. The largest absolute Gasteiger partial charge is 0.480 e. The van der Waals surface area contributed by atoms with E-state index in [-0.39, 0.29) is 30.4 Å². The van der Waals surface area contributed by atoms with Gasteiger partial charge in [-0.15, -0.1) is 12.4 Å². The Morgan fingerprint density at radius 1 is 1.23 bits per heavy atom. The molecule has 1 aliphatic carbocycles. The van der Waals surface area contributed by atoms with E-state index in [4.69, 9.17) is 10.5 Å². The average molecular weight is 325 g/mol. The van der Waals surface area contributed by atoms with E-state index in [1.54, 1.807) is 0 Å². The maximum atomic E-state index is 12.4. The van der Waals surface area contributed by atoms with Crippen LogP contribution in [0.4, 0.5) is 0 Å². The van der Waals surface area contributed by atoms with Gasteiger partial charge in [-0.2, -0.15) is 0 Å². The van der Waals surface area contributed by atoms with Crippen LogP contribution in [0.3, 0.4) is 0 Å². The number of nitrogens with one attached hydrogen (secondary N) is 1. The molecule has 22 heavy (non-hydrogen) atoms. The summed E-state index contributed by atoms with van der Waals surface area (Å²) in [5.74, 6) is 0.829. The molecule has 0 bridgehead atoms. The van der Waals surface area contributed by atoms with Gasteiger partial charge in [-0.1, -0.05) is 18.9 Å². The quantitative estimate of drug-likeness (QED) is 0.878. The van der Waals surface area contributed by atoms with E-state index in [0.717, 1.165) is 37.0 Å². The molecule has 3 atom stereocenters. The van der Waals surface area contributed by atoms with Crippen molar-refractivity contribution in [3.63, 3.8) is 0 Å². The molecule has 3 N–H and O–H groups in total. The molecule has 0 radical (unpaired) electrons. The summed E-state index contributed by atoms with van der Waals surface area (Å²) in [7, 11) is 0. The highest BCUT2D eigenvalue weighted by atomic mass is 35.5. The first-order valence-electron chi connectivity index (χ1n) is 7.87. The van der Waals surface area contributed by atoms with Gasteiger partial charge in [0, 0.05) is 18.5 Å². The standard InChI is InChI=1S/C17H24N2O2.ClH/c1-10-7-12-9-16(21-15(12)8-11(10)2)17(20)19-14-6-4-3-5-13(14)18;/h7-8,13-14,16H,3-6,9,18H2,1-2H3,(H,19,20);1H/t13-,14-,16?;/m1./s1. The van der Waals surface area contributed by atoms with Crippen LogP contribution in [0.25, 0.3) is 0 Å². The zero-order valence-corrected chi connectivity index (χ0v) is 14.0. The van der Waals surface area contributed by atoms with E-state index >= 15 is 0 Å². The Bertz CT molecular complexity index is 531. The average Bonchev–Trinajstić information content (AvgIpc) is 2.85. The number of aryl methyl sites for hydroxylation is 2. The van der Waals surface area contributed by atoms with Crippen molar-refractivity contribution < 1.29 is 9.53 Å². The fourth-order valence-electron chi connectivity index (χ4n) is 3.27. The number of benzene rings is 1. The van der Waals surface area contributed by atoms with Gasteiger partial charge in [-0.05, 0) is 49.4 Å². The van der Waals surface area contributed by atoms with Gasteiger partial charge in [0.15, 0.2) is 6.10 Å². The molecule has 0 aromatic heterocycles. The van der Waals surface area contributed by atoms with Crippen LogP contribution in [0.1, 0.15) is 42.4 Å². The van der Waals surface area contributed by atoms with Gasteiger partial charge in [-0.25, -0.2) is 0 Å². The van der Waals surface area contributed by atoms with Gasteiger partial charge in [0.05, 0.1) is 0 Å². The molecule has 0 saturated heterocycles. The molecule has 5 heteroatoms. The first-order chi connectivity index (χ1) is 10.0. The van der Waals surface area contributed by atoms with E-state index in [1.807, 2.05) is 6.07 Å². The summed E-state index contributed by atoms with van der Waals surface area (Å²) in [6.07, 6.45) is 4.53. The lowest BCUT2D eigenvalue weighted by molar-refractivity contribution is -0.128. The molecule has 1 heterocycles. The number of fused-ring (bicyclic) bond motifs is 1. The zero-order chi connectivity index (χ0) is 15.0. The maximum absolute atomic E-state index is 12.4. The Balaban J connectivity index is 0.00000176. The molecule has 1 aromatic rings. The predicted octanol–water partition coefficient (Wildman–Crippen LogP) is 2.41. The van der Waals surface area contributed by atoms with Gasteiger partial charge in [0.2, 0.25) is 0 Å². The topological polar surface area (TPSA) is 64.3 Å². The molecular weight excluding hydrogens is 300 g/mol. The fourth-order valence-corrected chi connectivity index (χ4v) is 3.27. The fraction of sp³-hybridized carbons (Fsp3) is 0.588. The zero-order valence-electron chi connectivity index (χ0n) is 13.2. The second kappa shape index (κ2) is 6.88. The Morgan fingerprint density at radius 3 is 2.64 bits per heavy atom. The van der Waals surface area contributed by atoms with E-state index in [9.17, 15) is 4.79 Å². The summed E-state index contributed by atoms with van der Waals surface area (Å²) in [4.78, 5) is 12.4. The van der Waals surface area contributed by atoms with Crippen LogP contribution in [0.5, 0.6) is 5.75 Å². The van der Waals surface area contributed by atoms with Crippen molar-refractivity contribution in [2.45, 2.75) is 64.1 Å². The van der Waals surface area contributed by atoms with Crippen LogP contribution in [-0.4, -0.2) is 24.1 Å². The number of hydrogen-bond donors (Lipinski definition) is 2. The highest BCUT2D eigenvalue weighted by molar-refractivity contribution is 5.85. The van der Waals surface area contributed by atoms with Crippen LogP contribution >= 0.6 is 12.4 Å². The molecule has 1 aliphatic heterocycles. The molecule has 3 rings (SSSR count). The minimum Gasteiger partial charge on any atom is -0.480 e. The number of carbonyl (C=O) groups excluding carboxylic acids is 1. The molecule has 122 valence electrons. The lowest BCUT2D eigenvalue weighted by Gasteiger charge is -2.30. The minimum atomic E-state index is -0.407. The summed E-state index contributed by atoms with van der Waals surface area (Å²) in [6, 6.07) is 4.34. The molecular formula is C17H25ClN2O2. The molecule has 1 fully saturated rings. The minimum absolute atomic E-state index is 0. The van der Waals surface area contributed by atoms with Crippen LogP contribution in [0.2, 0.25) is 0 Å². The van der Waals surface area contributed by atoms with Crippen LogP contribution in [0.15, 0.2) is 12.1 Å². The SMILES string of the molecule is Cc1cc2c(cc1C)OC(C(=O)N[C@@H]1CCCC[C@H]1N)C2.Cl. The van der Waals surface area contributed by atoms with Crippen molar-refractivity contribution in [2.75, 3.05) is 0 Å². The van der Waals surface area contributed by atoms with E-state index in [2.05, 4.69) is 25.2 Å². The van der Waals surface area contributed by atoms with Gasteiger partial charge >= 0.3 is 0 Å². The highest BCUT2D eigenvalue weighted by Crippen LogP contribution is 2.31. The number of carbonyl (C=O) groups is 1. The Hall–Kier alpha value is -1.26. The summed E-state index contributed by atoms with van der Waals surface area (Å²) < 4.78 is 5.83.